The maximum Gasteiger partial charge on any atom is 0.286 e. The van der Waals surface area contributed by atoms with Crippen LogP contribution in [0.3, 0.4) is 0 Å². The number of para-hydroxylation sites is 1. The van der Waals surface area contributed by atoms with Gasteiger partial charge in [-0.15, -0.1) is 4.40 Å². The minimum absolute atomic E-state index is 0.00721. The third kappa shape index (κ3) is 4.08. The van der Waals surface area contributed by atoms with Crippen LogP contribution in [0.4, 0.5) is 5.69 Å². The summed E-state index contributed by atoms with van der Waals surface area (Å²) in [6.45, 7) is 12.4. The zero-order chi connectivity index (χ0) is 21.8. The Bertz CT molecular complexity index is 984. The number of carbonyl (C=O) groups is 2. The molecule has 1 aromatic rings. The summed E-state index contributed by atoms with van der Waals surface area (Å²) in [5.74, 6) is -2.04. The van der Waals surface area contributed by atoms with Crippen molar-refractivity contribution in [3.63, 3.8) is 0 Å². The minimum Gasteiger partial charge on any atom is -0.341 e. The maximum atomic E-state index is 13.3. The number of likely N-dealkylation sites (tertiary alicyclic amines) is 1. The molecule has 1 fully saturated rings. The zero-order valence-electron chi connectivity index (χ0n) is 17.8. The van der Waals surface area contributed by atoms with Gasteiger partial charge in [-0.1, -0.05) is 53.7 Å². The molecule has 1 aromatic carbocycles. The summed E-state index contributed by atoms with van der Waals surface area (Å²) in [4.78, 5) is 28.3. The van der Waals surface area contributed by atoms with Crippen LogP contribution >= 0.6 is 0 Å². The molecule has 0 aromatic heterocycles. The zero-order valence-corrected chi connectivity index (χ0v) is 18.6. The lowest BCUT2D eigenvalue weighted by Crippen LogP contribution is -2.45. The quantitative estimate of drug-likeness (QED) is 0.760. The first kappa shape index (κ1) is 21.5. The number of hydrogen-bond acceptors (Lipinski definition) is 5. The Morgan fingerprint density at radius 2 is 1.69 bits per heavy atom. The Kier molecular flexibility index (Phi) is 5.14. The number of Topliss-reactive ketones (excluding diaryl/α,β-unsaturated/α-hetero) is 1. The van der Waals surface area contributed by atoms with Crippen molar-refractivity contribution < 1.29 is 18.0 Å². The highest BCUT2D eigenvalue weighted by atomic mass is 32.2. The highest BCUT2D eigenvalue weighted by Crippen LogP contribution is 2.37. The van der Waals surface area contributed by atoms with Crippen molar-refractivity contribution in [3.05, 3.63) is 24.3 Å². The van der Waals surface area contributed by atoms with Gasteiger partial charge in [-0.3, -0.25) is 9.59 Å². The topological polar surface area (TPSA) is 95.9 Å². The van der Waals surface area contributed by atoms with E-state index in [0.717, 1.165) is 6.42 Å². The first-order chi connectivity index (χ1) is 13.2. The number of anilines is 1. The van der Waals surface area contributed by atoms with Crippen LogP contribution < -0.4 is 5.32 Å². The molecular formula is C21H29N3O4S. The number of amidine groups is 1. The van der Waals surface area contributed by atoms with E-state index in [2.05, 4.69) is 30.5 Å². The van der Waals surface area contributed by atoms with Crippen molar-refractivity contribution in [3.8, 4) is 0 Å². The van der Waals surface area contributed by atoms with Crippen LogP contribution in [0.5, 0.6) is 0 Å². The third-order valence-corrected chi connectivity index (χ3v) is 6.59. The molecule has 3 rings (SSSR count). The van der Waals surface area contributed by atoms with Gasteiger partial charge in [-0.25, -0.2) is 0 Å². The van der Waals surface area contributed by atoms with Crippen LogP contribution in [0.15, 0.2) is 33.6 Å². The molecule has 1 amide bonds. The average molecular weight is 420 g/mol. The fourth-order valence-electron chi connectivity index (χ4n) is 3.83. The van der Waals surface area contributed by atoms with Gasteiger partial charge in [0.1, 0.15) is 10.7 Å². The van der Waals surface area contributed by atoms with Gasteiger partial charge >= 0.3 is 0 Å². The van der Waals surface area contributed by atoms with E-state index in [1.54, 1.807) is 23.1 Å². The molecule has 8 heteroatoms. The van der Waals surface area contributed by atoms with E-state index in [4.69, 9.17) is 0 Å². The van der Waals surface area contributed by atoms with Gasteiger partial charge < -0.3 is 10.2 Å². The van der Waals surface area contributed by atoms with Crippen LogP contribution in [0.2, 0.25) is 0 Å². The summed E-state index contributed by atoms with van der Waals surface area (Å²) in [6.07, 6.45) is 0.729. The average Bonchev–Trinajstić information content (AvgIpc) is 2.81. The van der Waals surface area contributed by atoms with E-state index in [0.29, 0.717) is 12.2 Å². The van der Waals surface area contributed by atoms with Crippen LogP contribution in [0.25, 0.3) is 0 Å². The first-order valence-corrected chi connectivity index (χ1v) is 11.2. The number of hydrogen-bond donors (Lipinski definition) is 1. The number of carbonyl (C=O) groups excluding carboxylic acids is 2. The van der Waals surface area contributed by atoms with E-state index >= 15 is 0 Å². The fourth-order valence-corrected chi connectivity index (χ4v) is 4.98. The third-order valence-electron chi connectivity index (χ3n) is 5.24. The molecule has 158 valence electrons. The van der Waals surface area contributed by atoms with Gasteiger partial charge in [0.2, 0.25) is 5.91 Å². The number of fused-ring (bicyclic) bond motifs is 1. The largest absolute Gasteiger partial charge is 0.341 e. The summed E-state index contributed by atoms with van der Waals surface area (Å²) in [5, 5.41) is 2.92. The van der Waals surface area contributed by atoms with Crippen molar-refractivity contribution in [2.75, 3.05) is 11.9 Å². The monoisotopic (exact) mass is 419 g/mol. The molecule has 0 spiro atoms. The molecule has 0 radical (unpaired) electrons. The number of sulfonamides is 1. The molecule has 29 heavy (non-hydrogen) atoms. The van der Waals surface area contributed by atoms with E-state index in [-0.39, 0.29) is 27.8 Å². The maximum absolute atomic E-state index is 13.3. The highest BCUT2D eigenvalue weighted by molar-refractivity contribution is 7.90. The van der Waals surface area contributed by atoms with Crippen molar-refractivity contribution >= 4 is 33.2 Å². The predicted octanol–water partition coefficient (Wildman–Crippen LogP) is 3.08. The SMILES string of the molecule is CC(C)(C)CCN1C(=O)C(C2=NS(=O)(=O)c3ccccc3N2)C(=O)[C@@H]1C(C)(C)C. The van der Waals surface area contributed by atoms with E-state index in [1.165, 1.54) is 6.07 Å². The molecule has 0 aliphatic carbocycles. The summed E-state index contributed by atoms with van der Waals surface area (Å²) >= 11 is 0. The molecular weight excluding hydrogens is 390 g/mol. The number of nitrogens with zero attached hydrogens (tertiary/aromatic N) is 2. The lowest BCUT2D eigenvalue weighted by molar-refractivity contribution is -0.132. The van der Waals surface area contributed by atoms with E-state index in [1.807, 2.05) is 20.8 Å². The second-order valence-electron chi connectivity index (χ2n) is 10.0. The highest BCUT2D eigenvalue weighted by Gasteiger charge is 2.54. The van der Waals surface area contributed by atoms with Gasteiger partial charge in [0.25, 0.3) is 10.0 Å². The van der Waals surface area contributed by atoms with Crippen LogP contribution in [0.1, 0.15) is 48.0 Å². The van der Waals surface area contributed by atoms with E-state index in [9.17, 15) is 18.0 Å². The van der Waals surface area contributed by atoms with Crippen molar-refractivity contribution in [1.29, 1.82) is 0 Å². The van der Waals surface area contributed by atoms with Crippen molar-refractivity contribution in [1.82, 2.24) is 4.90 Å². The number of amides is 1. The first-order valence-electron chi connectivity index (χ1n) is 9.77. The standard InChI is InChI=1S/C21H29N3O4S/c1-20(2,3)11-12-24-17(21(4,5)6)16(25)15(19(24)26)18-22-13-9-7-8-10-14(13)29(27,28)23-18/h7-10,15,17H,11-12H2,1-6H3,(H,22,23)/t15?,17-/m1/s1. The van der Waals surface area contributed by atoms with Crippen LogP contribution in [-0.4, -0.2) is 43.4 Å². The number of benzene rings is 1. The smallest absolute Gasteiger partial charge is 0.286 e. The van der Waals surface area contributed by atoms with Crippen molar-refractivity contribution in [2.24, 2.45) is 21.1 Å². The Morgan fingerprint density at radius 1 is 1.07 bits per heavy atom. The Balaban J connectivity index is 2.01. The molecule has 0 saturated carbocycles. The molecule has 2 aliphatic heterocycles. The Labute approximate surface area is 172 Å². The Hall–Kier alpha value is -2.22. The number of rotatable bonds is 3. The fraction of sp³-hybridized carbons (Fsp3) is 0.571. The molecule has 2 aliphatic rings. The molecule has 7 nitrogen and oxygen atoms in total. The lowest BCUT2D eigenvalue weighted by atomic mass is 9.82. The molecule has 2 atom stereocenters. The van der Waals surface area contributed by atoms with Gasteiger partial charge in [-0.05, 0) is 29.4 Å². The summed E-state index contributed by atoms with van der Waals surface area (Å²) in [7, 11) is -3.98. The lowest BCUT2D eigenvalue weighted by Gasteiger charge is -2.35. The van der Waals surface area contributed by atoms with Gasteiger partial charge in [0.15, 0.2) is 11.7 Å². The van der Waals surface area contributed by atoms with Crippen LogP contribution in [0, 0.1) is 16.7 Å². The summed E-state index contributed by atoms with van der Waals surface area (Å²) < 4.78 is 29.0. The van der Waals surface area contributed by atoms with Gasteiger partial charge in [0.05, 0.1) is 11.7 Å². The molecule has 1 N–H and O–H groups in total. The van der Waals surface area contributed by atoms with Crippen molar-refractivity contribution in [2.45, 2.75) is 58.9 Å². The number of ketones is 1. The minimum atomic E-state index is -3.98. The molecule has 0 bridgehead atoms. The molecule has 1 unspecified atom stereocenters. The number of nitrogens with one attached hydrogen (secondary N) is 1. The van der Waals surface area contributed by atoms with Gasteiger partial charge in [-0.2, -0.15) is 8.42 Å². The second kappa shape index (κ2) is 6.93. The summed E-state index contributed by atoms with van der Waals surface area (Å²) in [5.41, 5.74) is -0.156. The van der Waals surface area contributed by atoms with E-state index < -0.39 is 27.4 Å². The predicted molar refractivity (Wildman–Crippen MR) is 112 cm³/mol. The van der Waals surface area contributed by atoms with Crippen LogP contribution in [-0.2, 0) is 19.6 Å². The molecule has 2 heterocycles. The summed E-state index contributed by atoms with van der Waals surface area (Å²) in [6, 6.07) is 5.71. The normalized spacial score (nSPS) is 24.2. The Morgan fingerprint density at radius 3 is 2.28 bits per heavy atom. The molecule has 1 saturated heterocycles. The van der Waals surface area contributed by atoms with Gasteiger partial charge in [0, 0.05) is 6.54 Å². The second-order valence-corrected chi connectivity index (χ2v) is 11.6.